The first-order valence-electron chi connectivity index (χ1n) is 7.57. The maximum absolute atomic E-state index is 9.04. The molecule has 0 aliphatic heterocycles. The summed E-state index contributed by atoms with van der Waals surface area (Å²) in [6, 6.07) is 8.15. The Kier molecular flexibility index (Phi) is 2.78. The Morgan fingerprint density at radius 1 is 1.30 bits per heavy atom. The van der Waals surface area contributed by atoms with Crippen molar-refractivity contribution < 1.29 is 0 Å². The van der Waals surface area contributed by atoms with Gasteiger partial charge in [-0.1, -0.05) is 0 Å². The minimum Gasteiger partial charge on any atom is -0.361 e. The Morgan fingerprint density at radius 3 is 3.00 bits per heavy atom. The van der Waals surface area contributed by atoms with Crippen LogP contribution in [0.4, 0.5) is 0 Å². The van der Waals surface area contributed by atoms with Gasteiger partial charge in [-0.3, -0.25) is 0 Å². The fraction of sp³-hybridized carbons (Fsp3) is 0.471. The first-order valence-corrected chi connectivity index (χ1v) is 7.57. The Labute approximate surface area is 119 Å². The highest BCUT2D eigenvalue weighted by molar-refractivity contribution is 5.85. The SMILES string of the molecule is N#Cc1ccc2[nH]cc([C@@H]3C[C@H]3CNCC3CC3)c2c1. The third-order valence-electron chi connectivity index (χ3n) is 4.70. The first kappa shape index (κ1) is 12.0. The van der Waals surface area contributed by atoms with E-state index in [9.17, 15) is 0 Å². The molecule has 4 rings (SSSR count). The molecule has 1 aromatic carbocycles. The molecule has 1 aromatic heterocycles. The van der Waals surface area contributed by atoms with E-state index in [2.05, 4.69) is 22.6 Å². The number of rotatable bonds is 5. The summed E-state index contributed by atoms with van der Waals surface area (Å²) in [6.07, 6.45) is 6.25. The smallest absolute Gasteiger partial charge is 0.0991 e. The molecule has 0 saturated heterocycles. The Hall–Kier alpha value is -1.79. The van der Waals surface area contributed by atoms with Gasteiger partial charge in [0.05, 0.1) is 11.6 Å². The van der Waals surface area contributed by atoms with E-state index in [4.69, 9.17) is 5.26 Å². The lowest BCUT2D eigenvalue weighted by Crippen LogP contribution is -2.19. The van der Waals surface area contributed by atoms with Crippen LogP contribution in [0.3, 0.4) is 0 Å². The van der Waals surface area contributed by atoms with Crippen molar-refractivity contribution in [1.82, 2.24) is 10.3 Å². The lowest BCUT2D eigenvalue weighted by molar-refractivity contribution is 0.596. The van der Waals surface area contributed by atoms with E-state index in [1.165, 1.54) is 36.8 Å². The van der Waals surface area contributed by atoms with Crippen LogP contribution in [0, 0.1) is 23.2 Å². The van der Waals surface area contributed by atoms with Gasteiger partial charge in [0.2, 0.25) is 0 Å². The number of nitrogens with zero attached hydrogens (tertiary/aromatic N) is 1. The number of fused-ring (bicyclic) bond motifs is 1. The van der Waals surface area contributed by atoms with Crippen LogP contribution in [0.25, 0.3) is 10.9 Å². The van der Waals surface area contributed by atoms with Crippen molar-refractivity contribution in [3.63, 3.8) is 0 Å². The minimum absolute atomic E-state index is 0.671. The molecule has 2 saturated carbocycles. The molecule has 3 heteroatoms. The molecule has 2 aromatic rings. The van der Waals surface area contributed by atoms with E-state index in [-0.39, 0.29) is 0 Å². The molecule has 2 atom stereocenters. The van der Waals surface area contributed by atoms with Gasteiger partial charge in [0.15, 0.2) is 0 Å². The van der Waals surface area contributed by atoms with Crippen LogP contribution >= 0.6 is 0 Å². The van der Waals surface area contributed by atoms with Crippen LogP contribution in [0.5, 0.6) is 0 Å². The number of aromatic nitrogens is 1. The lowest BCUT2D eigenvalue weighted by atomic mass is 10.1. The van der Waals surface area contributed by atoms with Gasteiger partial charge in [0.1, 0.15) is 0 Å². The second kappa shape index (κ2) is 4.64. The number of H-pyrrole nitrogens is 1. The molecule has 0 amide bonds. The molecule has 0 radical (unpaired) electrons. The highest BCUT2D eigenvalue weighted by Crippen LogP contribution is 2.49. The van der Waals surface area contributed by atoms with E-state index >= 15 is 0 Å². The van der Waals surface area contributed by atoms with Crippen LogP contribution < -0.4 is 5.32 Å². The van der Waals surface area contributed by atoms with Crippen molar-refractivity contribution in [1.29, 1.82) is 5.26 Å². The van der Waals surface area contributed by atoms with Gasteiger partial charge >= 0.3 is 0 Å². The van der Waals surface area contributed by atoms with Crippen molar-refractivity contribution in [2.45, 2.75) is 25.2 Å². The molecular formula is C17H19N3. The summed E-state index contributed by atoms with van der Waals surface area (Å²) in [5.41, 5.74) is 3.30. The van der Waals surface area contributed by atoms with Crippen molar-refractivity contribution in [2.24, 2.45) is 11.8 Å². The molecular weight excluding hydrogens is 246 g/mol. The molecule has 0 bridgehead atoms. The van der Waals surface area contributed by atoms with Gasteiger partial charge in [-0.15, -0.1) is 0 Å². The maximum Gasteiger partial charge on any atom is 0.0991 e. The number of benzene rings is 1. The number of nitriles is 1. The zero-order valence-corrected chi connectivity index (χ0v) is 11.5. The molecule has 102 valence electrons. The summed E-state index contributed by atoms with van der Waals surface area (Å²) in [6.45, 7) is 2.35. The summed E-state index contributed by atoms with van der Waals surface area (Å²) in [4.78, 5) is 3.34. The normalized spacial score (nSPS) is 24.8. The molecule has 0 spiro atoms. The highest BCUT2D eigenvalue weighted by Gasteiger charge is 2.39. The monoisotopic (exact) mass is 265 g/mol. The van der Waals surface area contributed by atoms with Crippen molar-refractivity contribution >= 4 is 10.9 Å². The van der Waals surface area contributed by atoms with Gasteiger partial charge in [0.25, 0.3) is 0 Å². The predicted molar refractivity (Wildman–Crippen MR) is 79.5 cm³/mol. The third kappa shape index (κ3) is 2.21. The Bertz CT molecular complexity index is 675. The number of aromatic amines is 1. The molecule has 2 aliphatic carbocycles. The van der Waals surface area contributed by atoms with E-state index in [0.29, 0.717) is 5.92 Å². The van der Waals surface area contributed by atoms with Crippen molar-refractivity contribution in [2.75, 3.05) is 13.1 Å². The highest BCUT2D eigenvalue weighted by atomic mass is 14.9. The van der Waals surface area contributed by atoms with Gasteiger partial charge in [-0.2, -0.15) is 5.26 Å². The van der Waals surface area contributed by atoms with Crippen molar-refractivity contribution in [3.8, 4) is 6.07 Å². The second-order valence-electron chi connectivity index (χ2n) is 6.32. The van der Waals surface area contributed by atoms with Crippen LogP contribution in [0.15, 0.2) is 24.4 Å². The number of nitrogens with one attached hydrogen (secondary N) is 2. The topological polar surface area (TPSA) is 51.6 Å². The van der Waals surface area contributed by atoms with Gasteiger partial charge < -0.3 is 10.3 Å². The number of hydrogen-bond donors (Lipinski definition) is 2. The molecule has 20 heavy (non-hydrogen) atoms. The Morgan fingerprint density at radius 2 is 2.20 bits per heavy atom. The second-order valence-corrected chi connectivity index (χ2v) is 6.32. The lowest BCUT2D eigenvalue weighted by Gasteiger charge is -2.02. The maximum atomic E-state index is 9.04. The fourth-order valence-corrected chi connectivity index (χ4v) is 3.17. The van der Waals surface area contributed by atoms with E-state index in [0.717, 1.165) is 29.5 Å². The van der Waals surface area contributed by atoms with E-state index < -0.39 is 0 Å². The molecule has 2 fully saturated rings. The van der Waals surface area contributed by atoms with Crippen LogP contribution in [0.1, 0.15) is 36.3 Å². The molecule has 1 heterocycles. The molecule has 2 N–H and O–H groups in total. The summed E-state index contributed by atoms with van der Waals surface area (Å²) in [7, 11) is 0. The first-order chi connectivity index (χ1) is 9.85. The average molecular weight is 265 g/mol. The summed E-state index contributed by atoms with van der Waals surface area (Å²) in [5.74, 6) is 2.40. The van der Waals surface area contributed by atoms with Gasteiger partial charge in [-0.05, 0) is 73.9 Å². The van der Waals surface area contributed by atoms with Crippen molar-refractivity contribution in [3.05, 3.63) is 35.5 Å². The van der Waals surface area contributed by atoms with Crippen LogP contribution in [-0.4, -0.2) is 18.1 Å². The molecule has 2 aliphatic rings. The van der Waals surface area contributed by atoms with E-state index in [1.807, 2.05) is 18.2 Å². The fourth-order valence-electron chi connectivity index (χ4n) is 3.17. The third-order valence-corrected chi connectivity index (χ3v) is 4.70. The molecule has 3 nitrogen and oxygen atoms in total. The summed E-state index contributed by atoms with van der Waals surface area (Å²) in [5, 5.41) is 13.9. The summed E-state index contributed by atoms with van der Waals surface area (Å²) >= 11 is 0. The standard InChI is InChI=1S/C17H19N3/c18-7-12-3-4-17-15(5-12)16(10-20-17)14-6-13(14)9-19-8-11-1-2-11/h3-5,10-11,13-14,19-20H,1-2,6,8-9H2/t13-,14+/m0/s1. The van der Waals surface area contributed by atoms with Crippen LogP contribution in [0.2, 0.25) is 0 Å². The van der Waals surface area contributed by atoms with E-state index in [1.54, 1.807) is 0 Å². The van der Waals surface area contributed by atoms with Crippen LogP contribution in [-0.2, 0) is 0 Å². The molecule has 0 unspecified atom stereocenters. The largest absolute Gasteiger partial charge is 0.361 e. The zero-order valence-electron chi connectivity index (χ0n) is 11.5. The predicted octanol–water partition coefficient (Wildman–Crippen LogP) is 3.14. The average Bonchev–Trinajstić information content (AvgIpc) is 3.39. The zero-order chi connectivity index (χ0) is 13.5. The minimum atomic E-state index is 0.671. The summed E-state index contributed by atoms with van der Waals surface area (Å²) < 4.78 is 0. The Balaban J connectivity index is 1.47. The quantitative estimate of drug-likeness (QED) is 0.872. The number of hydrogen-bond acceptors (Lipinski definition) is 2. The van der Waals surface area contributed by atoms with Gasteiger partial charge in [0, 0.05) is 17.1 Å². The van der Waals surface area contributed by atoms with Gasteiger partial charge in [-0.25, -0.2) is 0 Å².